The molecular formula is C21H23ClN2O3S2. The fourth-order valence-corrected chi connectivity index (χ4v) is 6.40. The van der Waals surface area contributed by atoms with Gasteiger partial charge in [-0.15, -0.1) is 11.8 Å². The molecule has 154 valence electrons. The van der Waals surface area contributed by atoms with E-state index in [0.717, 1.165) is 34.7 Å². The number of halogens is 1. The fraction of sp³-hybridized carbons (Fsp3) is 0.381. The third kappa shape index (κ3) is 4.48. The van der Waals surface area contributed by atoms with Gasteiger partial charge in [0.05, 0.1) is 10.6 Å². The molecule has 1 fully saturated rings. The van der Waals surface area contributed by atoms with E-state index in [0.29, 0.717) is 42.4 Å². The first kappa shape index (κ1) is 20.7. The molecule has 2 aromatic rings. The van der Waals surface area contributed by atoms with Crippen molar-refractivity contribution in [3.8, 4) is 0 Å². The average molecular weight is 451 g/mol. The van der Waals surface area contributed by atoms with Crippen LogP contribution in [0, 0.1) is 0 Å². The number of fused-ring (bicyclic) bond motifs is 1. The molecular weight excluding hydrogens is 428 g/mol. The van der Waals surface area contributed by atoms with E-state index < -0.39 is 10.0 Å². The third-order valence-corrected chi connectivity index (χ3v) is 8.53. The van der Waals surface area contributed by atoms with Gasteiger partial charge in [-0.2, -0.15) is 4.31 Å². The average Bonchev–Trinajstić information content (AvgIpc) is 3.27. The Labute approximate surface area is 181 Å². The second-order valence-corrected chi connectivity index (χ2v) is 10.8. The van der Waals surface area contributed by atoms with Crippen molar-refractivity contribution in [2.45, 2.75) is 35.5 Å². The summed E-state index contributed by atoms with van der Waals surface area (Å²) in [5.41, 5.74) is 1.84. The van der Waals surface area contributed by atoms with Crippen molar-refractivity contribution in [2.24, 2.45) is 0 Å². The summed E-state index contributed by atoms with van der Waals surface area (Å²) in [6.45, 7) is 1.86. The fourth-order valence-electron chi connectivity index (χ4n) is 3.74. The molecule has 1 amide bonds. The van der Waals surface area contributed by atoms with Crippen molar-refractivity contribution in [1.82, 2.24) is 4.31 Å². The normalized spacial score (nSPS) is 17.3. The minimum absolute atomic E-state index is 0.0579. The molecule has 0 saturated carbocycles. The zero-order valence-electron chi connectivity index (χ0n) is 16.0. The highest BCUT2D eigenvalue weighted by molar-refractivity contribution is 7.99. The van der Waals surface area contributed by atoms with E-state index in [4.69, 9.17) is 11.6 Å². The lowest BCUT2D eigenvalue weighted by atomic mass is 10.1. The molecule has 8 heteroatoms. The molecule has 29 heavy (non-hydrogen) atoms. The van der Waals surface area contributed by atoms with Gasteiger partial charge in [0.2, 0.25) is 15.9 Å². The Bertz CT molecular complexity index is 1000. The second kappa shape index (κ2) is 8.68. The zero-order chi connectivity index (χ0) is 20.4. The number of nitrogens with zero attached hydrogens (tertiary/aromatic N) is 2. The number of hydrogen-bond acceptors (Lipinski definition) is 4. The van der Waals surface area contributed by atoms with Gasteiger partial charge in [-0.25, -0.2) is 8.42 Å². The van der Waals surface area contributed by atoms with Crippen molar-refractivity contribution in [3.63, 3.8) is 0 Å². The number of sulfonamides is 1. The minimum Gasteiger partial charge on any atom is -0.310 e. The van der Waals surface area contributed by atoms with Crippen LogP contribution in [0.1, 0.15) is 24.8 Å². The summed E-state index contributed by atoms with van der Waals surface area (Å²) in [6.07, 6.45) is 2.78. The number of aryl methyl sites for hydroxylation is 1. The maximum absolute atomic E-state index is 12.8. The van der Waals surface area contributed by atoms with Gasteiger partial charge in [-0.1, -0.05) is 23.7 Å². The molecule has 4 rings (SSSR count). The smallest absolute Gasteiger partial charge is 0.243 e. The molecule has 2 aromatic carbocycles. The Morgan fingerprint density at radius 3 is 2.48 bits per heavy atom. The van der Waals surface area contributed by atoms with Gasteiger partial charge < -0.3 is 4.90 Å². The maximum atomic E-state index is 12.8. The molecule has 0 aromatic heterocycles. The third-order valence-electron chi connectivity index (χ3n) is 5.34. The van der Waals surface area contributed by atoms with Crippen LogP contribution in [0.25, 0.3) is 0 Å². The van der Waals surface area contributed by atoms with Gasteiger partial charge >= 0.3 is 0 Å². The van der Waals surface area contributed by atoms with E-state index in [9.17, 15) is 13.2 Å². The van der Waals surface area contributed by atoms with E-state index in [1.165, 1.54) is 0 Å². The summed E-state index contributed by atoms with van der Waals surface area (Å²) in [7, 11) is -3.40. The summed E-state index contributed by atoms with van der Waals surface area (Å²) >= 11 is 7.85. The first-order valence-corrected chi connectivity index (χ1v) is 12.6. The van der Waals surface area contributed by atoms with Crippen LogP contribution in [0.4, 0.5) is 5.69 Å². The molecule has 0 aliphatic carbocycles. The highest BCUT2D eigenvalue weighted by Crippen LogP contribution is 2.36. The molecule has 2 heterocycles. The minimum atomic E-state index is -3.40. The molecule has 0 N–H and O–H groups in total. The Balaban J connectivity index is 1.41. The van der Waals surface area contributed by atoms with Crippen LogP contribution in [-0.2, 0) is 21.2 Å². The van der Waals surface area contributed by atoms with Crippen molar-refractivity contribution < 1.29 is 13.2 Å². The SMILES string of the molecule is O=C(CCc1ccc(S(=O)(=O)N2CCCC2)cc1)N1CCSc2ccc(Cl)cc21. The van der Waals surface area contributed by atoms with Crippen molar-refractivity contribution in [1.29, 1.82) is 0 Å². The summed E-state index contributed by atoms with van der Waals surface area (Å²) < 4.78 is 26.8. The Morgan fingerprint density at radius 1 is 1.03 bits per heavy atom. The van der Waals surface area contributed by atoms with E-state index in [1.54, 1.807) is 28.2 Å². The van der Waals surface area contributed by atoms with Gasteiger partial charge in [0.15, 0.2) is 0 Å². The summed E-state index contributed by atoms with van der Waals surface area (Å²) in [6, 6.07) is 12.6. The van der Waals surface area contributed by atoms with Gasteiger partial charge in [0.1, 0.15) is 0 Å². The van der Waals surface area contributed by atoms with Gasteiger partial charge in [-0.3, -0.25) is 4.79 Å². The van der Waals surface area contributed by atoms with Gasteiger partial charge in [-0.05, 0) is 55.2 Å². The number of carbonyl (C=O) groups is 1. The molecule has 0 atom stereocenters. The number of thioether (sulfide) groups is 1. The van der Waals surface area contributed by atoms with Crippen LogP contribution in [-0.4, -0.2) is 44.0 Å². The largest absolute Gasteiger partial charge is 0.310 e. The first-order valence-electron chi connectivity index (χ1n) is 9.77. The Morgan fingerprint density at radius 2 is 1.76 bits per heavy atom. The van der Waals surface area contributed by atoms with Crippen molar-refractivity contribution in [2.75, 3.05) is 30.3 Å². The number of amides is 1. The molecule has 0 unspecified atom stereocenters. The quantitative estimate of drug-likeness (QED) is 0.685. The number of rotatable bonds is 5. The molecule has 0 radical (unpaired) electrons. The lowest BCUT2D eigenvalue weighted by molar-refractivity contribution is -0.118. The van der Waals surface area contributed by atoms with Crippen LogP contribution in [0.15, 0.2) is 52.3 Å². The first-order chi connectivity index (χ1) is 13.9. The monoisotopic (exact) mass is 450 g/mol. The molecule has 2 aliphatic rings. The lowest BCUT2D eigenvalue weighted by Gasteiger charge is -2.29. The predicted octanol–water partition coefficient (Wildman–Crippen LogP) is 4.20. The highest BCUT2D eigenvalue weighted by atomic mass is 35.5. The van der Waals surface area contributed by atoms with E-state index in [2.05, 4.69) is 0 Å². The highest BCUT2D eigenvalue weighted by Gasteiger charge is 2.27. The second-order valence-electron chi connectivity index (χ2n) is 7.26. The topological polar surface area (TPSA) is 57.7 Å². The molecule has 0 bridgehead atoms. The summed E-state index contributed by atoms with van der Waals surface area (Å²) in [5, 5.41) is 0.624. The van der Waals surface area contributed by atoms with E-state index in [1.807, 2.05) is 35.2 Å². The van der Waals surface area contributed by atoms with Crippen LogP contribution in [0.3, 0.4) is 0 Å². The molecule has 1 saturated heterocycles. The van der Waals surface area contributed by atoms with E-state index in [-0.39, 0.29) is 5.91 Å². The van der Waals surface area contributed by atoms with Crippen LogP contribution >= 0.6 is 23.4 Å². The van der Waals surface area contributed by atoms with Gasteiger partial charge in [0.25, 0.3) is 0 Å². The number of benzene rings is 2. The zero-order valence-corrected chi connectivity index (χ0v) is 18.4. The van der Waals surface area contributed by atoms with Crippen LogP contribution < -0.4 is 4.90 Å². The maximum Gasteiger partial charge on any atom is 0.243 e. The lowest BCUT2D eigenvalue weighted by Crippen LogP contribution is -2.35. The molecule has 5 nitrogen and oxygen atoms in total. The Kier molecular flexibility index (Phi) is 6.20. The standard InChI is InChI=1S/C21H23ClN2O3S2/c22-17-6-9-20-19(15-17)24(13-14-28-20)21(25)10-5-16-3-7-18(8-4-16)29(26,27)23-11-1-2-12-23/h3-4,6-9,15H,1-2,5,10-14H2. The van der Waals surface area contributed by atoms with Crippen molar-refractivity contribution in [3.05, 3.63) is 53.1 Å². The number of carbonyl (C=O) groups excluding carboxylic acids is 1. The number of hydrogen-bond donors (Lipinski definition) is 0. The van der Waals surface area contributed by atoms with Gasteiger partial charge in [0, 0.05) is 41.7 Å². The molecule has 0 spiro atoms. The molecule has 2 aliphatic heterocycles. The van der Waals surface area contributed by atoms with Crippen LogP contribution in [0.5, 0.6) is 0 Å². The predicted molar refractivity (Wildman–Crippen MR) is 117 cm³/mol. The number of anilines is 1. The summed E-state index contributed by atoms with van der Waals surface area (Å²) in [4.78, 5) is 16.0. The van der Waals surface area contributed by atoms with Crippen molar-refractivity contribution >= 4 is 45.0 Å². The van der Waals surface area contributed by atoms with E-state index >= 15 is 0 Å². The summed E-state index contributed by atoms with van der Waals surface area (Å²) in [5.74, 6) is 0.922. The Hall–Kier alpha value is -1.54. The van der Waals surface area contributed by atoms with Crippen LogP contribution in [0.2, 0.25) is 5.02 Å².